The van der Waals surface area contributed by atoms with Crippen LogP contribution in [0.1, 0.15) is 24.3 Å². The number of aryl methyl sites for hydroxylation is 1. The van der Waals surface area contributed by atoms with Crippen molar-refractivity contribution in [2.75, 3.05) is 18.0 Å². The smallest absolute Gasteiger partial charge is 0.318 e. The van der Waals surface area contributed by atoms with Crippen molar-refractivity contribution in [1.29, 1.82) is 0 Å². The molecule has 3 heterocycles. The molecule has 0 radical (unpaired) electrons. The number of fused-ring (bicyclic) bond motifs is 1. The third kappa shape index (κ3) is 2.18. The van der Waals surface area contributed by atoms with Crippen LogP contribution in [0.4, 0.5) is 6.01 Å². The zero-order valence-electron chi connectivity index (χ0n) is 12.0. The molecule has 21 heavy (non-hydrogen) atoms. The van der Waals surface area contributed by atoms with Crippen molar-refractivity contribution < 1.29 is 9.15 Å². The molecule has 0 aliphatic carbocycles. The van der Waals surface area contributed by atoms with Crippen molar-refractivity contribution >= 4 is 12.1 Å². The monoisotopic (exact) mass is 283 g/mol. The number of rotatable bonds is 1. The summed E-state index contributed by atoms with van der Waals surface area (Å²) < 4.78 is 11.9. The van der Waals surface area contributed by atoms with E-state index >= 15 is 0 Å². The molecule has 0 unspecified atom stereocenters. The number of ether oxygens (including phenoxy) is 1. The van der Waals surface area contributed by atoms with Gasteiger partial charge >= 0.3 is 6.01 Å². The SMILES string of the molecule is Cc1nnc(N2CCC[C@@]3(C=Cc4ccccc4O3)C2)o1. The van der Waals surface area contributed by atoms with Gasteiger partial charge in [0, 0.05) is 19.0 Å². The summed E-state index contributed by atoms with van der Waals surface area (Å²) in [7, 11) is 0. The van der Waals surface area contributed by atoms with Gasteiger partial charge < -0.3 is 14.1 Å². The topological polar surface area (TPSA) is 51.4 Å². The van der Waals surface area contributed by atoms with E-state index in [2.05, 4.69) is 33.3 Å². The fraction of sp³-hybridized carbons (Fsp3) is 0.375. The molecule has 0 N–H and O–H groups in total. The van der Waals surface area contributed by atoms with Crippen LogP contribution in [0, 0.1) is 6.92 Å². The van der Waals surface area contributed by atoms with Crippen LogP contribution >= 0.6 is 0 Å². The van der Waals surface area contributed by atoms with E-state index in [0.717, 1.165) is 37.2 Å². The van der Waals surface area contributed by atoms with Crippen LogP contribution < -0.4 is 9.64 Å². The summed E-state index contributed by atoms with van der Waals surface area (Å²) in [5.74, 6) is 1.54. The maximum atomic E-state index is 6.30. The largest absolute Gasteiger partial charge is 0.481 e. The molecule has 2 aromatic rings. The van der Waals surface area contributed by atoms with E-state index in [9.17, 15) is 0 Å². The Morgan fingerprint density at radius 2 is 2.14 bits per heavy atom. The van der Waals surface area contributed by atoms with Crippen LogP contribution in [0.15, 0.2) is 34.8 Å². The minimum atomic E-state index is -0.297. The maximum absolute atomic E-state index is 6.30. The van der Waals surface area contributed by atoms with Crippen LogP contribution in [0.25, 0.3) is 6.08 Å². The lowest BCUT2D eigenvalue weighted by Gasteiger charge is -2.42. The second kappa shape index (κ2) is 4.62. The summed E-state index contributed by atoms with van der Waals surface area (Å²) >= 11 is 0. The van der Waals surface area contributed by atoms with E-state index in [0.29, 0.717) is 11.9 Å². The molecular weight excluding hydrogens is 266 g/mol. The molecule has 1 saturated heterocycles. The van der Waals surface area contributed by atoms with Gasteiger partial charge in [-0.2, -0.15) is 0 Å². The zero-order chi connectivity index (χ0) is 14.3. The first-order chi connectivity index (χ1) is 10.2. The molecule has 1 spiro atoms. The third-order valence-corrected chi connectivity index (χ3v) is 4.07. The summed E-state index contributed by atoms with van der Waals surface area (Å²) in [5, 5.41) is 8.04. The number of piperidine rings is 1. The maximum Gasteiger partial charge on any atom is 0.318 e. The Kier molecular flexibility index (Phi) is 2.74. The lowest BCUT2D eigenvalue weighted by atomic mass is 9.89. The lowest BCUT2D eigenvalue weighted by molar-refractivity contribution is 0.0968. The molecule has 5 nitrogen and oxygen atoms in total. The number of para-hydroxylation sites is 1. The fourth-order valence-corrected chi connectivity index (χ4v) is 3.05. The molecule has 1 aromatic carbocycles. The molecule has 5 heteroatoms. The van der Waals surface area contributed by atoms with Gasteiger partial charge in [-0.25, -0.2) is 0 Å². The van der Waals surface area contributed by atoms with Crippen LogP contribution in [0.3, 0.4) is 0 Å². The van der Waals surface area contributed by atoms with Gasteiger partial charge in [0.1, 0.15) is 11.4 Å². The van der Waals surface area contributed by atoms with Gasteiger partial charge in [-0.05, 0) is 25.0 Å². The van der Waals surface area contributed by atoms with Crippen molar-refractivity contribution in [3.8, 4) is 5.75 Å². The number of anilines is 1. The van der Waals surface area contributed by atoms with Gasteiger partial charge in [0.05, 0.1) is 6.54 Å². The molecule has 2 aliphatic rings. The Balaban J connectivity index is 1.61. The van der Waals surface area contributed by atoms with E-state index in [-0.39, 0.29) is 5.60 Å². The lowest BCUT2D eigenvalue weighted by Crippen LogP contribution is -2.51. The summed E-state index contributed by atoms with van der Waals surface area (Å²) in [6.07, 6.45) is 6.36. The van der Waals surface area contributed by atoms with E-state index in [1.807, 2.05) is 25.1 Å². The highest BCUT2D eigenvalue weighted by Crippen LogP contribution is 2.36. The van der Waals surface area contributed by atoms with Gasteiger partial charge in [-0.1, -0.05) is 29.4 Å². The Bertz CT molecular complexity index is 694. The molecule has 1 fully saturated rings. The van der Waals surface area contributed by atoms with Gasteiger partial charge in [0.15, 0.2) is 0 Å². The predicted octanol–water partition coefficient (Wildman–Crippen LogP) is 2.82. The average molecular weight is 283 g/mol. The molecule has 0 amide bonds. The Labute approximate surface area is 123 Å². The zero-order valence-corrected chi connectivity index (χ0v) is 12.0. The third-order valence-electron chi connectivity index (χ3n) is 4.07. The van der Waals surface area contributed by atoms with E-state index in [4.69, 9.17) is 9.15 Å². The molecule has 4 rings (SSSR count). The molecular formula is C16H17N3O2. The van der Waals surface area contributed by atoms with Gasteiger partial charge in [-0.15, -0.1) is 5.10 Å². The number of hydrogen-bond acceptors (Lipinski definition) is 5. The number of nitrogens with zero attached hydrogens (tertiary/aromatic N) is 3. The van der Waals surface area contributed by atoms with Gasteiger partial charge in [0.25, 0.3) is 0 Å². The predicted molar refractivity (Wildman–Crippen MR) is 79.3 cm³/mol. The molecule has 2 aliphatic heterocycles. The van der Waals surface area contributed by atoms with Crippen molar-refractivity contribution in [2.45, 2.75) is 25.4 Å². The Morgan fingerprint density at radius 3 is 3.00 bits per heavy atom. The summed E-state index contributed by atoms with van der Waals surface area (Å²) in [6.45, 7) is 3.46. The second-order valence-electron chi connectivity index (χ2n) is 5.67. The number of benzene rings is 1. The number of aromatic nitrogens is 2. The molecule has 108 valence electrons. The summed E-state index contributed by atoms with van der Waals surface area (Å²) in [6, 6.07) is 8.71. The van der Waals surface area contributed by atoms with E-state index in [1.54, 1.807) is 0 Å². The first-order valence-corrected chi connectivity index (χ1v) is 7.26. The molecule has 0 saturated carbocycles. The van der Waals surface area contributed by atoms with E-state index in [1.165, 1.54) is 0 Å². The Hall–Kier alpha value is -2.30. The average Bonchev–Trinajstić information content (AvgIpc) is 2.94. The Morgan fingerprint density at radius 1 is 1.24 bits per heavy atom. The molecule has 0 bridgehead atoms. The summed E-state index contributed by atoms with van der Waals surface area (Å²) in [4.78, 5) is 2.11. The van der Waals surface area contributed by atoms with Crippen molar-refractivity contribution in [1.82, 2.24) is 10.2 Å². The minimum absolute atomic E-state index is 0.297. The highest BCUT2D eigenvalue weighted by molar-refractivity contribution is 5.61. The first-order valence-electron chi connectivity index (χ1n) is 7.26. The van der Waals surface area contributed by atoms with Crippen molar-refractivity contribution in [2.24, 2.45) is 0 Å². The van der Waals surface area contributed by atoms with Crippen LogP contribution in [0.5, 0.6) is 5.75 Å². The second-order valence-corrected chi connectivity index (χ2v) is 5.67. The summed E-state index contributed by atoms with van der Waals surface area (Å²) in [5.41, 5.74) is 0.837. The van der Waals surface area contributed by atoms with Gasteiger partial charge in [0.2, 0.25) is 5.89 Å². The quantitative estimate of drug-likeness (QED) is 0.805. The van der Waals surface area contributed by atoms with Crippen LogP contribution in [-0.2, 0) is 0 Å². The van der Waals surface area contributed by atoms with Crippen LogP contribution in [-0.4, -0.2) is 28.9 Å². The molecule has 1 atom stereocenters. The van der Waals surface area contributed by atoms with Crippen molar-refractivity contribution in [3.05, 3.63) is 41.8 Å². The van der Waals surface area contributed by atoms with Crippen LogP contribution in [0.2, 0.25) is 0 Å². The fourth-order valence-electron chi connectivity index (χ4n) is 3.05. The minimum Gasteiger partial charge on any atom is -0.481 e. The van der Waals surface area contributed by atoms with Crippen molar-refractivity contribution in [3.63, 3.8) is 0 Å². The standard InChI is InChI=1S/C16H17N3O2/c1-12-17-18-15(20-12)19-10-4-8-16(11-19)9-7-13-5-2-3-6-14(13)21-16/h2-3,5-7,9H,4,8,10-11H2,1H3/t16-/m1/s1. The normalized spacial score (nSPS) is 24.0. The van der Waals surface area contributed by atoms with Gasteiger partial charge in [-0.3, -0.25) is 0 Å². The highest BCUT2D eigenvalue weighted by atomic mass is 16.5. The number of hydrogen-bond donors (Lipinski definition) is 0. The molecule has 1 aromatic heterocycles. The highest BCUT2D eigenvalue weighted by Gasteiger charge is 2.38. The van der Waals surface area contributed by atoms with E-state index < -0.39 is 0 Å². The first kappa shape index (κ1) is 12.4.